The maximum absolute atomic E-state index is 9.01. The molecule has 0 saturated heterocycles. The molecule has 0 aromatic heterocycles. The fourth-order valence-electron chi connectivity index (χ4n) is 2.04. The molecule has 0 radical (unpaired) electrons. The number of hydrogen-bond acceptors (Lipinski definition) is 4. The van der Waals surface area contributed by atoms with Crippen molar-refractivity contribution in [3.63, 3.8) is 0 Å². The van der Waals surface area contributed by atoms with E-state index in [2.05, 4.69) is 42.3 Å². The number of nitrogens with one attached hydrogen (secondary N) is 1. The molecule has 1 aromatic rings. The quantitative estimate of drug-likeness (QED) is 0.713. The number of likely N-dealkylation sites (N-methyl/N-ethyl adjacent to an activating group) is 1. The highest BCUT2D eigenvalue weighted by atomic mass is 16.5. The minimum absolute atomic E-state index is 0.198. The van der Waals surface area contributed by atoms with E-state index in [9.17, 15) is 0 Å². The number of benzene rings is 1. The Morgan fingerprint density at radius 3 is 2.68 bits per heavy atom. The molecule has 0 unspecified atom stereocenters. The van der Waals surface area contributed by atoms with Crippen LogP contribution in [0.5, 0.6) is 5.75 Å². The van der Waals surface area contributed by atoms with Gasteiger partial charge in [-0.05, 0) is 24.7 Å². The highest BCUT2D eigenvalue weighted by Gasteiger charge is 2.07. The zero-order chi connectivity index (χ0) is 14.1. The Kier molecular flexibility index (Phi) is 7.48. The van der Waals surface area contributed by atoms with E-state index in [1.807, 2.05) is 0 Å². The zero-order valence-corrected chi connectivity index (χ0v) is 12.3. The highest BCUT2D eigenvalue weighted by Crippen LogP contribution is 2.21. The molecule has 0 amide bonds. The molecule has 0 heterocycles. The van der Waals surface area contributed by atoms with Crippen molar-refractivity contribution in [3.05, 3.63) is 29.3 Å². The van der Waals surface area contributed by atoms with Crippen molar-refractivity contribution in [3.8, 4) is 5.75 Å². The molecule has 0 aliphatic heterocycles. The van der Waals surface area contributed by atoms with Crippen molar-refractivity contribution in [1.82, 2.24) is 10.2 Å². The monoisotopic (exact) mass is 266 g/mol. The fraction of sp³-hybridized carbons (Fsp3) is 0.600. The van der Waals surface area contributed by atoms with E-state index in [4.69, 9.17) is 9.84 Å². The Balaban J connectivity index is 2.75. The standard InChI is InChI=1S/C15H26N2O2/c1-4-16-11-14-7-6-13(10-15(14)19-3)12-17(5-2)8-9-18/h6-7,10,16,18H,4-5,8-9,11-12H2,1-3H3. The van der Waals surface area contributed by atoms with Crippen molar-refractivity contribution < 1.29 is 9.84 Å². The van der Waals surface area contributed by atoms with E-state index < -0.39 is 0 Å². The molecule has 0 aliphatic carbocycles. The molecular weight excluding hydrogens is 240 g/mol. The van der Waals surface area contributed by atoms with E-state index in [1.54, 1.807) is 7.11 Å². The van der Waals surface area contributed by atoms with Crippen molar-refractivity contribution in [2.45, 2.75) is 26.9 Å². The summed E-state index contributed by atoms with van der Waals surface area (Å²) in [7, 11) is 1.71. The summed E-state index contributed by atoms with van der Waals surface area (Å²) in [4.78, 5) is 2.21. The van der Waals surface area contributed by atoms with Gasteiger partial charge in [-0.15, -0.1) is 0 Å². The third kappa shape index (κ3) is 5.19. The van der Waals surface area contributed by atoms with Crippen LogP contribution in [0.3, 0.4) is 0 Å². The lowest BCUT2D eigenvalue weighted by molar-refractivity contribution is 0.196. The first kappa shape index (κ1) is 16.0. The predicted octanol–water partition coefficient (Wildman–Crippen LogP) is 1.62. The number of ether oxygens (including phenoxy) is 1. The largest absolute Gasteiger partial charge is 0.496 e. The average molecular weight is 266 g/mol. The Bertz CT molecular complexity index is 369. The van der Waals surface area contributed by atoms with Crippen LogP contribution in [-0.4, -0.2) is 43.4 Å². The van der Waals surface area contributed by atoms with Crippen molar-refractivity contribution in [1.29, 1.82) is 0 Å². The van der Waals surface area contributed by atoms with Gasteiger partial charge in [0.25, 0.3) is 0 Å². The van der Waals surface area contributed by atoms with Gasteiger partial charge in [-0.1, -0.05) is 26.0 Å². The van der Waals surface area contributed by atoms with Crippen LogP contribution in [-0.2, 0) is 13.1 Å². The molecule has 108 valence electrons. The molecule has 0 fully saturated rings. The lowest BCUT2D eigenvalue weighted by Gasteiger charge is -2.20. The minimum Gasteiger partial charge on any atom is -0.496 e. The van der Waals surface area contributed by atoms with Crippen LogP contribution in [0.25, 0.3) is 0 Å². The first-order valence-electron chi connectivity index (χ1n) is 6.94. The van der Waals surface area contributed by atoms with Crippen molar-refractivity contribution >= 4 is 0 Å². The third-order valence-electron chi connectivity index (χ3n) is 3.19. The summed E-state index contributed by atoms with van der Waals surface area (Å²) in [5.41, 5.74) is 2.39. The molecule has 0 spiro atoms. The van der Waals surface area contributed by atoms with Gasteiger partial charge in [0.1, 0.15) is 5.75 Å². The van der Waals surface area contributed by atoms with Gasteiger partial charge in [0.2, 0.25) is 0 Å². The summed E-state index contributed by atoms with van der Waals surface area (Å²) in [6.07, 6.45) is 0. The van der Waals surface area contributed by atoms with Crippen molar-refractivity contribution in [2.24, 2.45) is 0 Å². The van der Waals surface area contributed by atoms with Gasteiger partial charge >= 0.3 is 0 Å². The van der Waals surface area contributed by atoms with Gasteiger partial charge < -0.3 is 15.2 Å². The maximum Gasteiger partial charge on any atom is 0.123 e. The Labute approximate surface area is 116 Å². The van der Waals surface area contributed by atoms with Crippen LogP contribution >= 0.6 is 0 Å². The molecule has 19 heavy (non-hydrogen) atoms. The maximum atomic E-state index is 9.01. The Morgan fingerprint density at radius 1 is 1.32 bits per heavy atom. The minimum atomic E-state index is 0.198. The molecule has 0 saturated carbocycles. The molecule has 0 bridgehead atoms. The number of hydrogen-bond donors (Lipinski definition) is 2. The van der Waals surface area contributed by atoms with Gasteiger partial charge in [0.15, 0.2) is 0 Å². The van der Waals surface area contributed by atoms with Crippen LogP contribution in [0, 0.1) is 0 Å². The topological polar surface area (TPSA) is 44.7 Å². The Hall–Kier alpha value is -1.10. The first-order valence-corrected chi connectivity index (χ1v) is 6.94. The van der Waals surface area contributed by atoms with Gasteiger partial charge in [-0.2, -0.15) is 0 Å². The second kappa shape index (κ2) is 8.91. The summed E-state index contributed by atoms with van der Waals surface area (Å²) >= 11 is 0. The normalized spacial score (nSPS) is 11.0. The molecule has 0 aliphatic rings. The second-order valence-corrected chi connectivity index (χ2v) is 4.52. The van der Waals surface area contributed by atoms with E-state index in [0.717, 1.165) is 31.9 Å². The van der Waals surface area contributed by atoms with Gasteiger partial charge in [-0.3, -0.25) is 4.90 Å². The van der Waals surface area contributed by atoms with E-state index in [0.29, 0.717) is 6.54 Å². The van der Waals surface area contributed by atoms with E-state index in [-0.39, 0.29) is 6.61 Å². The second-order valence-electron chi connectivity index (χ2n) is 4.52. The van der Waals surface area contributed by atoms with Gasteiger partial charge in [0, 0.05) is 25.2 Å². The van der Waals surface area contributed by atoms with Gasteiger partial charge in [0.05, 0.1) is 13.7 Å². The lowest BCUT2D eigenvalue weighted by Crippen LogP contribution is -2.26. The zero-order valence-electron chi connectivity index (χ0n) is 12.3. The highest BCUT2D eigenvalue weighted by molar-refractivity contribution is 5.37. The SMILES string of the molecule is CCNCc1ccc(CN(CC)CCO)cc1OC. The number of nitrogens with zero attached hydrogens (tertiary/aromatic N) is 1. The summed E-state index contributed by atoms with van der Waals surface area (Å²) in [6, 6.07) is 6.34. The fourth-order valence-corrected chi connectivity index (χ4v) is 2.04. The molecule has 1 rings (SSSR count). The van der Waals surface area contributed by atoms with Crippen LogP contribution in [0.2, 0.25) is 0 Å². The average Bonchev–Trinajstić information content (AvgIpc) is 2.45. The predicted molar refractivity (Wildman–Crippen MR) is 78.4 cm³/mol. The van der Waals surface area contributed by atoms with E-state index >= 15 is 0 Å². The molecule has 4 heteroatoms. The van der Waals surface area contributed by atoms with Crippen LogP contribution in [0.15, 0.2) is 18.2 Å². The first-order chi connectivity index (χ1) is 9.24. The molecule has 0 atom stereocenters. The third-order valence-corrected chi connectivity index (χ3v) is 3.19. The summed E-state index contributed by atoms with van der Waals surface area (Å²) < 4.78 is 5.45. The molecule has 2 N–H and O–H groups in total. The Morgan fingerprint density at radius 2 is 2.11 bits per heavy atom. The van der Waals surface area contributed by atoms with E-state index in [1.165, 1.54) is 11.1 Å². The number of methoxy groups -OCH3 is 1. The molecular formula is C15H26N2O2. The summed E-state index contributed by atoms with van der Waals surface area (Å²) in [5.74, 6) is 0.929. The number of rotatable bonds is 9. The summed E-state index contributed by atoms with van der Waals surface area (Å²) in [6.45, 7) is 8.65. The molecule has 1 aromatic carbocycles. The van der Waals surface area contributed by atoms with Crippen LogP contribution in [0.4, 0.5) is 0 Å². The lowest BCUT2D eigenvalue weighted by atomic mass is 10.1. The molecule has 4 nitrogen and oxygen atoms in total. The van der Waals surface area contributed by atoms with Gasteiger partial charge in [-0.25, -0.2) is 0 Å². The van der Waals surface area contributed by atoms with Crippen LogP contribution in [0.1, 0.15) is 25.0 Å². The number of aliphatic hydroxyl groups excluding tert-OH is 1. The van der Waals surface area contributed by atoms with Crippen LogP contribution < -0.4 is 10.1 Å². The smallest absolute Gasteiger partial charge is 0.123 e. The number of aliphatic hydroxyl groups is 1. The summed E-state index contributed by atoms with van der Waals surface area (Å²) in [5, 5.41) is 12.3. The van der Waals surface area contributed by atoms with Crippen molar-refractivity contribution in [2.75, 3.05) is 33.4 Å².